The molecule has 0 bridgehead atoms. The van der Waals surface area contributed by atoms with Crippen LogP contribution in [0, 0.1) is 6.92 Å². The van der Waals surface area contributed by atoms with Gasteiger partial charge in [-0.1, -0.05) is 35.3 Å². The minimum absolute atomic E-state index is 0.0160. The summed E-state index contributed by atoms with van der Waals surface area (Å²) in [7, 11) is 0. The number of H-pyrrole nitrogens is 1. The zero-order valence-corrected chi connectivity index (χ0v) is 13.1. The first kappa shape index (κ1) is 15.9. The summed E-state index contributed by atoms with van der Waals surface area (Å²) in [5.41, 5.74) is 0.405. The topological polar surface area (TPSA) is 83.0 Å². The highest BCUT2D eigenvalue weighted by Gasteiger charge is 2.17. The monoisotopic (exact) mass is 344 g/mol. The number of hydrogen-bond donors (Lipinski definition) is 2. The van der Waals surface area contributed by atoms with E-state index in [4.69, 9.17) is 23.2 Å². The van der Waals surface area contributed by atoms with E-state index in [1.54, 1.807) is 18.2 Å². The van der Waals surface area contributed by atoms with Gasteiger partial charge in [-0.2, -0.15) is 4.98 Å². The number of benzene rings is 1. The van der Waals surface area contributed by atoms with Crippen LogP contribution in [0.3, 0.4) is 0 Å². The van der Waals surface area contributed by atoms with Crippen molar-refractivity contribution >= 4 is 40.9 Å². The molecule has 0 aliphatic rings. The van der Waals surface area contributed by atoms with Gasteiger partial charge in [-0.15, -0.1) is 11.8 Å². The van der Waals surface area contributed by atoms with Gasteiger partial charge in [-0.25, -0.2) is 9.59 Å². The maximum absolute atomic E-state index is 11.4. The van der Waals surface area contributed by atoms with Crippen LogP contribution < -0.4 is 5.69 Å². The van der Waals surface area contributed by atoms with E-state index >= 15 is 0 Å². The molecule has 0 saturated carbocycles. The third-order valence-electron chi connectivity index (χ3n) is 2.70. The zero-order valence-electron chi connectivity index (χ0n) is 10.8. The number of thioether (sulfide) groups is 1. The standard InChI is InChI=1S/C13H10Cl2N2O3S/c1-6-9(12(18)19)11(17-13(20)16-6)21-5-7-3-2-4-8(14)10(7)15/h2-4H,5H2,1H3,(H,18,19)(H,16,17,20). The summed E-state index contributed by atoms with van der Waals surface area (Å²) in [6.45, 7) is 1.52. The number of rotatable bonds is 4. The van der Waals surface area contributed by atoms with Gasteiger partial charge in [0.2, 0.25) is 0 Å². The highest BCUT2D eigenvalue weighted by Crippen LogP contribution is 2.31. The van der Waals surface area contributed by atoms with Gasteiger partial charge in [-0.3, -0.25) is 0 Å². The van der Waals surface area contributed by atoms with E-state index in [0.717, 1.165) is 17.3 Å². The summed E-state index contributed by atoms with van der Waals surface area (Å²) < 4.78 is 0. The maximum Gasteiger partial charge on any atom is 0.346 e. The lowest BCUT2D eigenvalue weighted by Gasteiger charge is -2.08. The number of aromatic nitrogens is 2. The van der Waals surface area contributed by atoms with Gasteiger partial charge in [-0.05, 0) is 18.6 Å². The Morgan fingerprint density at radius 3 is 2.81 bits per heavy atom. The minimum Gasteiger partial charge on any atom is -0.478 e. The van der Waals surface area contributed by atoms with Gasteiger partial charge in [0.15, 0.2) is 0 Å². The molecule has 0 aliphatic heterocycles. The molecule has 110 valence electrons. The van der Waals surface area contributed by atoms with Crippen molar-refractivity contribution in [1.29, 1.82) is 0 Å². The summed E-state index contributed by atoms with van der Waals surface area (Å²) in [4.78, 5) is 28.8. The van der Waals surface area contributed by atoms with Crippen molar-refractivity contribution in [3.05, 3.63) is 55.5 Å². The van der Waals surface area contributed by atoms with Crippen molar-refractivity contribution in [3.8, 4) is 0 Å². The Morgan fingerprint density at radius 1 is 1.43 bits per heavy atom. The van der Waals surface area contributed by atoms with Crippen molar-refractivity contribution in [2.75, 3.05) is 0 Å². The first-order chi connectivity index (χ1) is 9.90. The van der Waals surface area contributed by atoms with Crippen LogP contribution in [0.15, 0.2) is 28.0 Å². The number of carboxylic acids is 1. The predicted octanol–water partition coefficient (Wildman–Crippen LogP) is 3.38. The van der Waals surface area contributed by atoms with E-state index < -0.39 is 11.7 Å². The molecule has 0 saturated heterocycles. The smallest absolute Gasteiger partial charge is 0.346 e. The lowest BCUT2D eigenvalue weighted by Crippen LogP contribution is -2.18. The molecule has 0 spiro atoms. The number of carbonyl (C=O) groups is 1. The molecule has 1 aromatic heterocycles. The second kappa shape index (κ2) is 6.51. The number of halogens is 2. The summed E-state index contributed by atoms with van der Waals surface area (Å²) in [5.74, 6) is -0.786. The molecule has 0 fully saturated rings. The second-order valence-electron chi connectivity index (χ2n) is 4.15. The third-order valence-corrected chi connectivity index (χ3v) is 4.58. The second-order valence-corrected chi connectivity index (χ2v) is 5.90. The highest BCUT2D eigenvalue weighted by molar-refractivity contribution is 7.98. The predicted molar refractivity (Wildman–Crippen MR) is 82.6 cm³/mol. The van der Waals surface area contributed by atoms with Crippen LogP contribution in [0.2, 0.25) is 10.0 Å². The van der Waals surface area contributed by atoms with Gasteiger partial charge in [0.25, 0.3) is 0 Å². The zero-order chi connectivity index (χ0) is 15.6. The summed E-state index contributed by atoms with van der Waals surface area (Å²) in [6.07, 6.45) is 0. The van der Waals surface area contributed by atoms with E-state index in [-0.39, 0.29) is 16.3 Å². The molecular formula is C13H10Cl2N2O3S. The molecule has 8 heteroatoms. The first-order valence-electron chi connectivity index (χ1n) is 5.80. The van der Waals surface area contributed by atoms with Crippen LogP contribution >= 0.6 is 35.0 Å². The SMILES string of the molecule is Cc1[nH]c(=O)nc(SCc2cccc(Cl)c2Cl)c1C(=O)O. The van der Waals surface area contributed by atoms with Gasteiger partial charge >= 0.3 is 11.7 Å². The van der Waals surface area contributed by atoms with E-state index in [1.165, 1.54) is 6.92 Å². The molecule has 5 nitrogen and oxygen atoms in total. The minimum atomic E-state index is -1.14. The molecule has 2 rings (SSSR count). The number of aryl methyl sites for hydroxylation is 1. The number of nitrogens with one attached hydrogen (secondary N) is 1. The number of hydrogen-bond acceptors (Lipinski definition) is 4. The molecule has 21 heavy (non-hydrogen) atoms. The Kier molecular flexibility index (Phi) is 4.92. The van der Waals surface area contributed by atoms with Crippen LogP contribution in [0.5, 0.6) is 0 Å². The lowest BCUT2D eigenvalue weighted by molar-refractivity contribution is 0.0690. The Balaban J connectivity index is 2.34. The van der Waals surface area contributed by atoms with Gasteiger partial charge in [0.1, 0.15) is 10.6 Å². The Bertz CT molecular complexity index is 762. The molecular weight excluding hydrogens is 335 g/mol. The highest BCUT2D eigenvalue weighted by atomic mass is 35.5. The van der Waals surface area contributed by atoms with Gasteiger partial charge in [0.05, 0.1) is 10.0 Å². The van der Waals surface area contributed by atoms with Crippen LogP contribution in [-0.2, 0) is 5.75 Å². The fourth-order valence-electron chi connectivity index (χ4n) is 1.72. The van der Waals surface area contributed by atoms with Crippen molar-refractivity contribution in [3.63, 3.8) is 0 Å². The molecule has 2 N–H and O–H groups in total. The Morgan fingerprint density at radius 2 is 2.14 bits per heavy atom. The number of nitrogens with zero attached hydrogens (tertiary/aromatic N) is 1. The van der Waals surface area contributed by atoms with Crippen LogP contribution in [0.1, 0.15) is 21.6 Å². The van der Waals surface area contributed by atoms with E-state index in [2.05, 4.69) is 9.97 Å². The van der Waals surface area contributed by atoms with Crippen LogP contribution in [0.25, 0.3) is 0 Å². The van der Waals surface area contributed by atoms with Gasteiger partial charge in [0, 0.05) is 11.4 Å². The van der Waals surface area contributed by atoms with E-state index in [9.17, 15) is 14.7 Å². The number of aromatic amines is 1. The van der Waals surface area contributed by atoms with E-state index in [1.807, 2.05) is 0 Å². The molecule has 1 heterocycles. The quantitative estimate of drug-likeness (QED) is 0.656. The largest absolute Gasteiger partial charge is 0.478 e. The summed E-state index contributed by atoms with van der Waals surface area (Å²) in [6, 6.07) is 5.19. The lowest BCUT2D eigenvalue weighted by atomic mass is 10.2. The first-order valence-corrected chi connectivity index (χ1v) is 7.54. The molecule has 0 aliphatic carbocycles. The Labute approximate surface area is 134 Å². The average Bonchev–Trinajstić information content (AvgIpc) is 2.39. The summed E-state index contributed by atoms with van der Waals surface area (Å²) in [5, 5.41) is 10.2. The molecule has 2 aromatic rings. The van der Waals surface area contributed by atoms with Gasteiger partial charge < -0.3 is 10.1 Å². The molecule has 0 radical (unpaired) electrons. The molecule has 0 atom stereocenters. The Hall–Kier alpha value is -1.50. The fourth-order valence-corrected chi connectivity index (χ4v) is 3.25. The average molecular weight is 345 g/mol. The van der Waals surface area contributed by atoms with Crippen molar-refractivity contribution < 1.29 is 9.90 Å². The van der Waals surface area contributed by atoms with Crippen LogP contribution in [0.4, 0.5) is 0 Å². The molecule has 0 amide bonds. The molecule has 1 aromatic carbocycles. The maximum atomic E-state index is 11.4. The number of carboxylic acid groups (broad SMARTS) is 1. The van der Waals surface area contributed by atoms with Crippen LogP contribution in [-0.4, -0.2) is 21.0 Å². The number of aromatic carboxylic acids is 1. The fraction of sp³-hybridized carbons (Fsp3) is 0.154. The van der Waals surface area contributed by atoms with Crippen molar-refractivity contribution in [1.82, 2.24) is 9.97 Å². The van der Waals surface area contributed by atoms with E-state index in [0.29, 0.717) is 15.8 Å². The summed E-state index contributed by atoms with van der Waals surface area (Å²) >= 11 is 13.1. The van der Waals surface area contributed by atoms with Crippen molar-refractivity contribution in [2.45, 2.75) is 17.7 Å². The normalized spacial score (nSPS) is 10.6. The third kappa shape index (κ3) is 3.58. The molecule has 0 unspecified atom stereocenters. The van der Waals surface area contributed by atoms with Crippen molar-refractivity contribution in [2.24, 2.45) is 0 Å².